The highest BCUT2D eigenvalue weighted by atomic mass is 16.2. The highest BCUT2D eigenvalue weighted by Gasteiger charge is 2.29. The first-order valence-corrected chi connectivity index (χ1v) is 8.14. The number of hydrogen-bond acceptors (Lipinski definition) is 4. The molecule has 0 saturated heterocycles. The first kappa shape index (κ1) is 17.9. The van der Waals surface area contributed by atoms with E-state index in [9.17, 15) is 9.59 Å². The fourth-order valence-corrected chi connectivity index (χ4v) is 3.04. The SMILES string of the molecule is CCCNC(=O)NC(=O)CN(CC)C1CCCCC1CN. The minimum atomic E-state index is -0.406. The largest absolute Gasteiger partial charge is 0.338 e. The molecule has 1 rings (SSSR count). The van der Waals surface area contributed by atoms with E-state index in [1.165, 1.54) is 12.8 Å². The molecule has 1 aliphatic carbocycles. The predicted molar refractivity (Wildman–Crippen MR) is 83.9 cm³/mol. The molecule has 0 aromatic rings. The smallest absolute Gasteiger partial charge is 0.321 e. The van der Waals surface area contributed by atoms with Gasteiger partial charge in [0.25, 0.3) is 0 Å². The zero-order valence-corrected chi connectivity index (χ0v) is 13.4. The number of imide groups is 1. The van der Waals surface area contributed by atoms with Gasteiger partial charge < -0.3 is 11.1 Å². The third-order valence-electron chi connectivity index (χ3n) is 4.18. The second kappa shape index (κ2) is 9.73. The van der Waals surface area contributed by atoms with E-state index in [1.807, 2.05) is 13.8 Å². The van der Waals surface area contributed by atoms with Gasteiger partial charge in [0.15, 0.2) is 0 Å². The highest BCUT2D eigenvalue weighted by Crippen LogP contribution is 2.27. The summed E-state index contributed by atoms with van der Waals surface area (Å²) in [6.07, 6.45) is 5.49. The summed E-state index contributed by atoms with van der Waals surface area (Å²) in [5, 5.41) is 5.03. The average molecular weight is 298 g/mol. The van der Waals surface area contributed by atoms with Gasteiger partial charge in [-0.15, -0.1) is 0 Å². The molecule has 2 unspecified atom stereocenters. The summed E-state index contributed by atoms with van der Waals surface area (Å²) in [6, 6.07) is -0.0462. The van der Waals surface area contributed by atoms with E-state index >= 15 is 0 Å². The van der Waals surface area contributed by atoms with Crippen LogP contribution in [0.4, 0.5) is 4.79 Å². The van der Waals surface area contributed by atoms with Crippen LogP contribution >= 0.6 is 0 Å². The van der Waals surface area contributed by atoms with Crippen LogP contribution in [0.15, 0.2) is 0 Å². The van der Waals surface area contributed by atoms with Crippen molar-refractivity contribution in [2.24, 2.45) is 11.7 Å². The maximum atomic E-state index is 12.0. The van der Waals surface area contributed by atoms with Crippen molar-refractivity contribution >= 4 is 11.9 Å². The second-order valence-electron chi connectivity index (χ2n) is 5.71. The Bertz CT molecular complexity index is 336. The number of likely N-dealkylation sites (N-methyl/N-ethyl adjacent to an activating group) is 1. The van der Waals surface area contributed by atoms with Crippen molar-refractivity contribution in [1.29, 1.82) is 0 Å². The fraction of sp³-hybridized carbons (Fsp3) is 0.867. The molecule has 4 N–H and O–H groups in total. The molecule has 0 aromatic carbocycles. The average Bonchev–Trinajstić information content (AvgIpc) is 2.50. The number of carbonyl (C=O) groups is 2. The molecule has 3 amide bonds. The minimum absolute atomic E-state index is 0.244. The lowest BCUT2D eigenvalue weighted by atomic mass is 9.83. The van der Waals surface area contributed by atoms with Crippen LogP contribution in [0.3, 0.4) is 0 Å². The summed E-state index contributed by atoms with van der Waals surface area (Å²) >= 11 is 0. The van der Waals surface area contributed by atoms with E-state index in [4.69, 9.17) is 5.73 Å². The van der Waals surface area contributed by atoms with Crippen LogP contribution in [0.1, 0.15) is 46.0 Å². The molecule has 0 heterocycles. The van der Waals surface area contributed by atoms with Crippen LogP contribution < -0.4 is 16.4 Å². The molecule has 6 nitrogen and oxygen atoms in total. The number of nitrogens with one attached hydrogen (secondary N) is 2. The molecule has 2 atom stereocenters. The van der Waals surface area contributed by atoms with Gasteiger partial charge in [0.1, 0.15) is 0 Å². The molecule has 6 heteroatoms. The number of carbonyl (C=O) groups excluding carboxylic acids is 2. The normalized spacial score (nSPS) is 22.1. The number of nitrogens with zero attached hydrogens (tertiary/aromatic N) is 1. The molecule has 0 radical (unpaired) electrons. The third-order valence-corrected chi connectivity index (χ3v) is 4.18. The number of urea groups is 1. The highest BCUT2D eigenvalue weighted by molar-refractivity contribution is 5.95. The predicted octanol–water partition coefficient (Wildman–Crippen LogP) is 1.06. The van der Waals surface area contributed by atoms with Gasteiger partial charge in [-0.05, 0) is 38.3 Å². The van der Waals surface area contributed by atoms with Crippen molar-refractivity contribution in [3.8, 4) is 0 Å². The van der Waals surface area contributed by atoms with E-state index in [-0.39, 0.29) is 12.5 Å². The van der Waals surface area contributed by atoms with Crippen molar-refractivity contribution in [3.63, 3.8) is 0 Å². The Morgan fingerprint density at radius 3 is 2.57 bits per heavy atom. The molecule has 21 heavy (non-hydrogen) atoms. The van der Waals surface area contributed by atoms with Gasteiger partial charge in [-0.3, -0.25) is 15.0 Å². The summed E-state index contributed by atoms with van der Waals surface area (Å²) in [5.41, 5.74) is 5.86. The molecule has 1 aliphatic rings. The molecule has 1 fully saturated rings. The Hall–Kier alpha value is -1.14. The summed E-state index contributed by atoms with van der Waals surface area (Å²) in [4.78, 5) is 25.6. The van der Waals surface area contributed by atoms with Gasteiger partial charge in [-0.25, -0.2) is 4.79 Å². The van der Waals surface area contributed by atoms with E-state index in [0.717, 1.165) is 25.8 Å². The van der Waals surface area contributed by atoms with Crippen molar-refractivity contribution < 1.29 is 9.59 Å². The first-order valence-electron chi connectivity index (χ1n) is 8.14. The molecule has 122 valence electrons. The minimum Gasteiger partial charge on any atom is -0.338 e. The maximum Gasteiger partial charge on any atom is 0.321 e. The lowest BCUT2D eigenvalue weighted by Crippen LogP contribution is -2.50. The van der Waals surface area contributed by atoms with E-state index in [2.05, 4.69) is 15.5 Å². The number of rotatable bonds is 7. The van der Waals surface area contributed by atoms with Crippen LogP contribution in [0.5, 0.6) is 0 Å². The molecule has 1 saturated carbocycles. The molecule has 0 spiro atoms. The van der Waals surface area contributed by atoms with E-state index in [0.29, 0.717) is 25.0 Å². The van der Waals surface area contributed by atoms with E-state index < -0.39 is 6.03 Å². The van der Waals surface area contributed by atoms with E-state index in [1.54, 1.807) is 0 Å². The molecular formula is C15H30N4O2. The monoisotopic (exact) mass is 298 g/mol. The standard InChI is InChI=1S/C15H30N4O2/c1-3-9-17-15(21)18-14(20)11-19(4-2)13-8-6-5-7-12(13)10-16/h12-13H,3-11,16H2,1-2H3,(H2,17,18,20,21). The van der Waals surface area contributed by atoms with Crippen LogP contribution in [-0.2, 0) is 4.79 Å². The number of amides is 3. The van der Waals surface area contributed by atoms with Crippen LogP contribution in [0.2, 0.25) is 0 Å². The Morgan fingerprint density at radius 1 is 1.24 bits per heavy atom. The summed E-state index contributed by atoms with van der Waals surface area (Å²) in [6.45, 7) is 6.32. The maximum absolute atomic E-state index is 12.0. The number of nitrogens with two attached hydrogens (primary N) is 1. The first-order chi connectivity index (χ1) is 10.1. The Kier molecular flexibility index (Phi) is 8.30. The molecule has 0 aliphatic heterocycles. The van der Waals surface area contributed by atoms with Crippen molar-refractivity contribution in [3.05, 3.63) is 0 Å². The lowest BCUT2D eigenvalue weighted by molar-refractivity contribution is -0.122. The quantitative estimate of drug-likeness (QED) is 0.656. The van der Waals surface area contributed by atoms with Gasteiger partial charge in [-0.1, -0.05) is 26.7 Å². The zero-order valence-electron chi connectivity index (χ0n) is 13.4. The summed E-state index contributed by atoms with van der Waals surface area (Å²) in [7, 11) is 0. The Labute approximate surface area is 127 Å². The Morgan fingerprint density at radius 2 is 1.95 bits per heavy atom. The Balaban J connectivity index is 2.48. The zero-order chi connectivity index (χ0) is 15.7. The summed E-state index contributed by atoms with van der Waals surface area (Å²) < 4.78 is 0. The molecular weight excluding hydrogens is 268 g/mol. The van der Waals surface area contributed by atoms with Crippen molar-refractivity contribution in [2.75, 3.05) is 26.2 Å². The third kappa shape index (κ3) is 6.01. The van der Waals surface area contributed by atoms with Gasteiger partial charge >= 0.3 is 6.03 Å². The van der Waals surface area contributed by atoms with Crippen molar-refractivity contribution in [2.45, 2.75) is 52.0 Å². The van der Waals surface area contributed by atoms with Gasteiger partial charge in [-0.2, -0.15) is 0 Å². The number of hydrogen-bond donors (Lipinski definition) is 3. The topological polar surface area (TPSA) is 87.5 Å². The van der Waals surface area contributed by atoms with Crippen LogP contribution in [0, 0.1) is 5.92 Å². The van der Waals surface area contributed by atoms with Crippen LogP contribution in [0.25, 0.3) is 0 Å². The van der Waals surface area contributed by atoms with Gasteiger partial charge in [0.2, 0.25) is 5.91 Å². The van der Waals surface area contributed by atoms with Gasteiger partial charge in [0, 0.05) is 12.6 Å². The summed E-state index contributed by atoms with van der Waals surface area (Å²) in [5.74, 6) is 0.215. The molecule has 0 bridgehead atoms. The van der Waals surface area contributed by atoms with Crippen molar-refractivity contribution in [1.82, 2.24) is 15.5 Å². The lowest BCUT2D eigenvalue weighted by Gasteiger charge is -2.38. The second-order valence-corrected chi connectivity index (χ2v) is 5.71. The fourth-order valence-electron chi connectivity index (χ4n) is 3.04. The van der Waals surface area contributed by atoms with Gasteiger partial charge in [0.05, 0.1) is 6.54 Å². The van der Waals surface area contributed by atoms with Crippen LogP contribution in [-0.4, -0.2) is 49.1 Å². The molecule has 0 aromatic heterocycles.